The predicted molar refractivity (Wildman–Crippen MR) is 80.4 cm³/mol. The van der Waals surface area contributed by atoms with Crippen LogP contribution in [0.1, 0.15) is 6.42 Å². The zero-order chi connectivity index (χ0) is 13.8. The summed E-state index contributed by atoms with van der Waals surface area (Å²) in [6, 6.07) is 10.8. The number of nitrogens with zero attached hydrogens (tertiary/aromatic N) is 2. The summed E-state index contributed by atoms with van der Waals surface area (Å²) in [7, 11) is 2.35. The SMILES string of the molecule is C[N+]1(CCC[n+]2ccc3ccccc3c2)CCOCC1.[Br-].[Br-]. The highest BCUT2D eigenvalue weighted by Gasteiger charge is 2.24. The number of ether oxygens (including phenoxy) is 1. The van der Waals surface area contributed by atoms with Gasteiger partial charge in [-0.05, 0) is 11.5 Å². The van der Waals surface area contributed by atoms with Crippen LogP contribution in [0.4, 0.5) is 0 Å². The lowest BCUT2D eigenvalue weighted by atomic mass is 10.2. The first-order valence-electron chi connectivity index (χ1n) is 7.54. The zero-order valence-electron chi connectivity index (χ0n) is 13.0. The number of morpholine rings is 1. The number of fused-ring (bicyclic) bond motifs is 1. The molecule has 1 aliphatic rings. The fourth-order valence-electron chi connectivity index (χ4n) is 2.96. The Morgan fingerprint density at radius 3 is 2.45 bits per heavy atom. The fraction of sp³-hybridized carbons (Fsp3) is 0.471. The normalized spacial score (nSPS) is 16.6. The minimum Gasteiger partial charge on any atom is -1.00 e. The van der Waals surface area contributed by atoms with Gasteiger partial charge < -0.3 is 43.2 Å². The number of rotatable bonds is 4. The highest BCUT2D eigenvalue weighted by atomic mass is 79.9. The third-order valence-corrected chi connectivity index (χ3v) is 4.41. The van der Waals surface area contributed by atoms with E-state index < -0.39 is 0 Å². The molecule has 0 unspecified atom stereocenters. The highest BCUT2D eigenvalue weighted by molar-refractivity contribution is 5.80. The maximum absolute atomic E-state index is 5.46. The minimum atomic E-state index is 0. The van der Waals surface area contributed by atoms with Gasteiger partial charge in [0.1, 0.15) is 13.1 Å². The van der Waals surface area contributed by atoms with Crippen LogP contribution in [0.15, 0.2) is 42.7 Å². The van der Waals surface area contributed by atoms with Gasteiger partial charge in [0.2, 0.25) is 0 Å². The summed E-state index contributed by atoms with van der Waals surface area (Å²) in [5.74, 6) is 0. The van der Waals surface area contributed by atoms with E-state index in [2.05, 4.69) is 54.3 Å². The van der Waals surface area contributed by atoms with Gasteiger partial charge in [0, 0.05) is 11.5 Å². The molecule has 1 aromatic heterocycles. The van der Waals surface area contributed by atoms with Gasteiger partial charge in [-0.1, -0.05) is 18.2 Å². The molecule has 1 aliphatic heterocycles. The molecule has 2 heterocycles. The van der Waals surface area contributed by atoms with Gasteiger partial charge in [-0.2, -0.15) is 0 Å². The Labute approximate surface area is 154 Å². The van der Waals surface area contributed by atoms with Gasteiger partial charge in [0.25, 0.3) is 0 Å². The molecule has 2 aromatic rings. The van der Waals surface area contributed by atoms with Gasteiger partial charge in [-0.15, -0.1) is 0 Å². The summed E-state index contributed by atoms with van der Waals surface area (Å²) in [6.07, 6.45) is 5.68. The Bertz CT molecular complexity index is 586. The molecule has 0 bridgehead atoms. The molecule has 0 saturated carbocycles. The standard InChI is InChI=1S/C17H24N2O.2BrH/c1-19(11-13-20-14-12-19)10-4-8-18-9-7-16-5-2-3-6-17(16)15-18;;/h2-3,5-7,9,15H,4,8,10-14H2,1H3;2*1H/q+2;;/p-2. The van der Waals surface area contributed by atoms with Gasteiger partial charge in [0.05, 0.1) is 33.2 Å². The fourth-order valence-corrected chi connectivity index (χ4v) is 2.96. The van der Waals surface area contributed by atoms with Crippen molar-refractivity contribution in [1.82, 2.24) is 0 Å². The van der Waals surface area contributed by atoms with Crippen LogP contribution >= 0.6 is 0 Å². The molecule has 3 nitrogen and oxygen atoms in total. The molecule has 1 fully saturated rings. The average molecular weight is 432 g/mol. The average Bonchev–Trinajstić information content (AvgIpc) is 2.48. The number of halogens is 2. The Kier molecular flexibility index (Phi) is 7.97. The summed E-state index contributed by atoms with van der Waals surface area (Å²) in [6.45, 7) is 6.48. The third kappa shape index (κ3) is 5.01. The molecule has 3 rings (SSSR count). The molecule has 0 N–H and O–H groups in total. The monoisotopic (exact) mass is 430 g/mol. The molecule has 5 heteroatoms. The number of aryl methyl sites for hydroxylation is 1. The lowest BCUT2D eigenvalue weighted by molar-refractivity contribution is -0.919. The maximum Gasteiger partial charge on any atom is 0.176 e. The summed E-state index contributed by atoms with van der Waals surface area (Å²) in [5, 5.41) is 2.64. The van der Waals surface area contributed by atoms with Crippen molar-refractivity contribution in [3.05, 3.63) is 42.7 Å². The lowest BCUT2D eigenvalue weighted by Crippen LogP contribution is -3.00. The zero-order valence-corrected chi connectivity index (χ0v) is 16.2. The van der Waals surface area contributed by atoms with Crippen LogP contribution in [0.25, 0.3) is 10.8 Å². The number of likely N-dealkylation sites (N-methyl/N-ethyl adjacent to an activating group) is 1. The maximum atomic E-state index is 5.46. The van der Waals surface area contributed by atoms with Crippen LogP contribution in [0.2, 0.25) is 0 Å². The van der Waals surface area contributed by atoms with Gasteiger partial charge in [0.15, 0.2) is 18.9 Å². The van der Waals surface area contributed by atoms with Gasteiger partial charge >= 0.3 is 0 Å². The van der Waals surface area contributed by atoms with Crippen molar-refractivity contribution < 1.29 is 47.7 Å². The highest BCUT2D eigenvalue weighted by Crippen LogP contribution is 2.11. The third-order valence-electron chi connectivity index (χ3n) is 4.41. The quantitative estimate of drug-likeness (QED) is 0.355. The van der Waals surface area contributed by atoms with Crippen LogP contribution in [0.5, 0.6) is 0 Å². The lowest BCUT2D eigenvalue weighted by Gasteiger charge is -2.37. The molecule has 1 saturated heterocycles. The largest absolute Gasteiger partial charge is 1.00 e. The van der Waals surface area contributed by atoms with Crippen LogP contribution in [-0.4, -0.2) is 44.4 Å². The van der Waals surface area contributed by atoms with Gasteiger partial charge in [-0.3, -0.25) is 0 Å². The molecular weight excluding hydrogens is 408 g/mol. The van der Waals surface area contributed by atoms with E-state index in [0.717, 1.165) is 37.3 Å². The number of benzene rings is 1. The molecule has 0 aliphatic carbocycles. The van der Waals surface area contributed by atoms with Crippen molar-refractivity contribution in [2.45, 2.75) is 13.0 Å². The number of hydrogen-bond acceptors (Lipinski definition) is 1. The first-order chi connectivity index (χ1) is 9.75. The summed E-state index contributed by atoms with van der Waals surface area (Å²) in [4.78, 5) is 0. The first-order valence-corrected chi connectivity index (χ1v) is 7.54. The van der Waals surface area contributed by atoms with Crippen LogP contribution in [-0.2, 0) is 11.3 Å². The number of pyridine rings is 1. The van der Waals surface area contributed by atoms with Crippen molar-refractivity contribution >= 4 is 10.8 Å². The molecule has 0 radical (unpaired) electrons. The van der Waals surface area contributed by atoms with Crippen molar-refractivity contribution in [2.24, 2.45) is 0 Å². The Morgan fingerprint density at radius 1 is 1.05 bits per heavy atom. The molecule has 122 valence electrons. The molecule has 1 aromatic carbocycles. The van der Waals surface area contributed by atoms with E-state index in [4.69, 9.17) is 4.74 Å². The second-order valence-electron chi connectivity index (χ2n) is 6.07. The molecule has 0 atom stereocenters. The van der Waals surface area contributed by atoms with E-state index in [0.29, 0.717) is 0 Å². The topological polar surface area (TPSA) is 13.1 Å². The second-order valence-corrected chi connectivity index (χ2v) is 6.07. The molecular formula is C17H24Br2N2O. The predicted octanol–water partition coefficient (Wildman–Crippen LogP) is -4.00. The van der Waals surface area contributed by atoms with Crippen molar-refractivity contribution in [2.75, 3.05) is 39.9 Å². The van der Waals surface area contributed by atoms with Crippen LogP contribution < -0.4 is 38.5 Å². The second kappa shape index (κ2) is 8.96. The number of quaternary nitrogens is 1. The van der Waals surface area contributed by atoms with E-state index in [1.54, 1.807) is 0 Å². The Balaban J connectivity index is 0.00000121. The summed E-state index contributed by atoms with van der Waals surface area (Å²) < 4.78 is 8.93. The summed E-state index contributed by atoms with van der Waals surface area (Å²) >= 11 is 0. The molecule has 0 spiro atoms. The van der Waals surface area contributed by atoms with Crippen molar-refractivity contribution in [3.8, 4) is 0 Å². The van der Waals surface area contributed by atoms with Gasteiger partial charge in [-0.25, -0.2) is 4.57 Å². The number of aromatic nitrogens is 1. The molecule has 22 heavy (non-hydrogen) atoms. The van der Waals surface area contributed by atoms with E-state index >= 15 is 0 Å². The van der Waals surface area contributed by atoms with E-state index in [-0.39, 0.29) is 34.0 Å². The first kappa shape index (κ1) is 19.6. The Hall–Kier alpha value is -0.490. The minimum absolute atomic E-state index is 0. The number of hydrogen-bond donors (Lipinski definition) is 0. The van der Waals surface area contributed by atoms with E-state index in [1.165, 1.54) is 23.7 Å². The molecule has 0 amide bonds. The smallest absolute Gasteiger partial charge is 0.176 e. The van der Waals surface area contributed by atoms with Crippen molar-refractivity contribution in [1.29, 1.82) is 0 Å². The van der Waals surface area contributed by atoms with Crippen LogP contribution in [0, 0.1) is 0 Å². The van der Waals surface area contributed by atoms with Crippen LogP contribution in [0.3, 0.4) is 0 Å². The van der Waals surface area contributed by atoms with E-state index in [9.17, 15) is 0 Å². The van der Waals surface area contributed by atoms with E-state index in [1.807, 2.05) is 0 Å². The van der Waals surface area contributed by atoms with Crippen molar-refractivity contribution in [3.63, 3.8) is 0 Å². The Morgan fingerprint density at radius 2 is 1.73 bits per heavy atom. The summed E-state index contributed by atoms with van der Waals surface area (Å²) in [5.41, 5.74) is 0.